The van der Waals surface area contributed by atoms with Crippen molar-refractivity contribution < 1.29 is 4.79 Å². The summed E-state index contributed by atoms with van der Waals surface area (Å²) in [6.45, 7) is 2.89. The fourth-order valence-corrected chi connectivity index (χ4v) is 3.31. The number of guanidine groups is 1. The van der Waals surface area contributed by atoms with E-state index in [1.807, 2.05) is 67.5 Å². The van der Waals surface area contributed by atoms with Crippen molar-refractivity contribution in [3.63, 3.8) is 0 Å². The highest BCUT2D eigenvalue weighted by atomic mass is 127. The third kappa shape index (κ3) is 6.96. The number of rotatable bonds is 7. The van der Waals surface area contributed by atoms with Gasteiger partial charge in [0.2, 0.25) is 5.91 Å². The zero-order valence-electron chi connectivity index (χ0n) is 18.4. The first-order chi connectivity index (χ1) is 15.0. The summed E-state index contributed by atoms with van der Waals surface area (Å²) in [6, 6.07) is 15.5. The molecule has 7 nitrogen and oxygen atoms in total. The van der Waals surface area contributed by atoms with E-state index in [0.29, 0.717) is 30.5 Å². The van der Waals surface area contributed by atoms with E-state index in [9.17, 15) is 4.79 Å². The number of hydrogen-bond donors (Lipinski definition) is 3. The maximum atomic E-state index is 12.3. The molecule has 1 heterocycles. The summed E-state index contributed by atoms with van der Waals surface area (Å²) in [7, 11) is 3.64. The van der Waals surface area contributed by atoms with Crippen molar-refractivity contribution in [1.82, 2.24) is 20.2 Å². The van der Waals surface area contributed by atoms with Gasteiger partial charge in [-0.3, -0.25) is 9.79 Å². The second-order valence-corrected chi connectivity index (χ2v) is 7.56. The molecule has 0 unspecified atom stereocenters. The van der Waals surface area contributed by atoms with Crippen LogP contribution in [0.25, 0.3) is 11.3 Å². The lowest BCUT2D eigenvalue weighted by Crippen LogP contribution is -2.39. The van der Waals surface area contributed by atoms with Crippen LogP contribution in [0.5, 0.6) is 0 Å². The fraction of sp³-hybridized carbons (Fsp3) is 0.261. The molecule has 0 atom stereocenters. The van der Waals surface area contributed by atoms with E-state index in [2.05, 4.69) is 25.6 Å². The van der Waals surface area contributed by atoms with E-state index < -0.39 is 0 Å². The number of halogens is 2. The SMILES string of the molecule is CN=C(NCCC(=O)Nc1cccc(Cl)c1C)N(C)Cc1ncc(-c2ccccc2)[nH]1.I. The van der Waals surface area contributed by atoms with Gasteiger partial charge in [-0.15, -0.1) is 24.0 Å². The van der Waals surface area contributed by atoms with Crippen LogP contribution in [-0.2, 0) is 11.3 Å². The second-order valence-electron chi connectivity index (χ2n) is 7.15. The van der Waals surface area contributed by atoms with Gasteiger partial charge in [0, 0.05) is 37.8 Å². The molecule has 32 heavy (non-hydrogen) atoms. The Kier molecular flexibility index (Phi) is 9.98. The minimum absolute atomic E-state index is 0. The summed E-state index contributed by atoms with van der Waals surface area (Å²) in [5.41, 5.74) is 3.65. The first-order valence-electron chi connectivity index (χ1n) is 10.0. The minimum Gasteiger partial charge on any atom is -0.356 e. The highest BCUT2D eigenvalue weighted by Gasteiger charge is 2.11. The number of carbonyl (C=O) groups excluding carboxylic acids is 1. The maximum absolute atomic E-state index is 12.3. The number of hydrogen-bond acceptors (Lipinski definition) is 3. The predicted octanol–water partition coefficient (Wildman–Crippen LogP) is 4.69. The largest absolute Gasteiger partial charge is 0.356 e. The first kappa shape index (κ1) is 25.7. The molecule has 170 valence electrons. The Morgan fingerprint density at radius 2 is 1.94 bits per heavy atom. The molecule has 0 saturated carbocycles. The maximum Gasteiger partial charge on any atom is 0.226 e. The zero-order valence-corrected chi connectivity index (χ0v) is 21.4. The number of H-pyrrole nitrogens is 1. The molecule has 0 aliphatic heterocycles. The molecule has 0 radical (unpaired) electrons. The Hall–Kier alpha value is -2.59. The molecule has 1 aromatic heterocycles. The molecule has 0 aliphatic carbocycles. The van der Waals surface area contributed by atoms with Crippen molar-refractivity contribution in [2.75, 3.05) is 26.0 Å². The standard InChI is InChI=1S/C23H27ClN6O.HI/c1-16-18(24)10-7-11-19(16)29-22(31)12-13-26-23(25-2)30(3)15-21-27-14-20(28-21)17-8-5-4-6-9-17;/h4-11,14H,12-13,15H2,1-3H3,(H,25,26)(H,27,28)(H,29,31);1H. The van der Waals surface area contributed by atoms with Crippen LogP contribution in [0.1, 0.15) is 17.8 Å². The molecule has 3 aromatic rings. The number of imidazole rings is 1. The summed E-state index contributed by atoms with van der Waals surface area (Å²) in [4.78, 5) is 26.3. The van der Waals surface area contributed by atoms with E-state index in [0.717, 1.165) is 28.3 Å². The molecule has 0 fully saturated rings. The number of aromatic amines is 1. The number of aromatic nitrogens is 2. The lowest BCUT2D eigenvalue weighted by molar-refractivity contribution is -0.116. The molecular formula is C23H28ClIN6O. The van der Waals surface area contributed by atoms with Crippen LogP contribution >= 0.6 is 35.6 Å². The summed E-state index contributed by atoms with van der Waals surface area (Å²) in [5.74, 6) is 1.43. The summed E-state index contributed by atoms with van der Waals surface area (Å²) >= 11 is 6.11. The van der Waals surface area contributed by atoms with Crippen molar-refractivity contribution in [3.05, 3.63) is 71.1 Å². The van der Waals surface area contributed by atoms with Crippen LogP contribution in [0, 0.1) is 6.92 Å². The van der Waals surface area contributed by atoms with E-state index in [4.69, 9.17) is 11.6 Å². The molecule has 3 N–H and O–H groups in total. The molecule has 0 aliphatic rings. The third-order valence-corrected chi connectivity index (χ3v) is 5.26. The predicted molar refractivity (Wildman–Crippen MR) is 142 cm³/mol. The van der Waals surface area contributed by atoms with Crippen LogP contribution in [0.3, 0.4) is 0 Å². The van der Waals surface area contributed by atoms with Gasteiger partial charge in [0.25, 0.3) is 0 Å². The smallest absolute Gasteiger partial charge is 0.226 e. The highest BCUT2D eigenvalue weighted by molar-refractivity contribution is 14.0. The van der Waals surface area contributed by atoms with Crippen LogP contribution in [0.15, 0.2) is 59.7 Å². The van der Waals surface area contributed by atoms with E-state index in [-0.39, 0.29) is 29.9 Å². The van der Waals surface area contributed by atoms with Gasteiger partial charge in [-0.05, 0) is 30.2 Å². The third-order valence-electron chi connectivity index (χ3n) is 4.85. The molecule has 9 heteroatoms. The monoisotopic (exact) mass is 566 g/mol. The summed E-state index contributed by atoms with van der Waals surface area (Å²) in [6.07, 6.45) is 2.13. The zero-order chi connectivity index (χ0) is 22.2. The van der Waals surface area contributed by atoms with Gasteiger partial charge in [0.05, 0.1) is 18.4 Å². The van der Waals surface area contributed by atoms with Crippen molar-refractivity contribution in [3.8, 4) is 11.3 Å². The number of benzene rings is 2. The summed E-state index contributed by atoms with van der Waals surface area (Å²) < 4.78 is 0. The van der Waals surface area contributed by atoms with Gasteiger partial charge < -0.3 is 20.5 Å². The molecular weight excluding hydrogens is 539 g/mol. The lowest BCUT2D eigenvalue weighted by Gasteiger charge is -2.21. The molecule has 0 bridgehead atoms. The Morgan fingerprint density at radius 1 is 1.19 bits per heavy atom. The van der Waals surface area contributed by atoms with Crippen LogP contribution in [0.4, 0.5) is 5.69 Å². The number of carbonyl (C=O) groups is 1. The minimum atomic E-state index is -0.0884. The van der Waals surface area contributed by atoms with Crippen molar-refractivity contribution in [2.24, 2.45) is 4.99 Å². The molecule has 2 aromatic carbocycles. The fourth-order valence-electron chi connectivity index (χ4n) is 3.13. The van der Waals surface area contributed by atoms with E-state index >= 15 is 0 Å². The van der Waals surface area contributed by atoms with Crippen molar-refractivity contribution in [1.29, 1.82) is 0 Å². The van der Waals surface area contributed by atoms with Gasteiger partial charge in [0.15, 0.2) is 5.96 Å². The average molecular weight is 567 g/mol. The molecule has 0 saturated heterocycles. The van der Waals surface area contributed by atoms with Crippen molar-refractivity contribution in [2.45, 2.75) is 19.9 Å². The van der Waals surface area contributed by atoms with Gasteiger partial charge >= 0.3 is 0 Å². The Balaban J connectivity index is 0.00000363. The lowest BCUT2D eigenvalue weighted by atomic mass is 10.2. The normalized spacial score (nSPS) is 10.9. The number of anilines is 1. The first-order valence-corrected chi connectivity index (χ1v) is 10.4. The number of nitrogens with one attached hydrogen (secondary N) is 3. The van der Waals surface area contributed by atoms with Gasteiger partial charge in [-0.25, -0.2) is 4.98 Å². The highest BCUT2D eigenvalue weighted by Crippen LogP contribution is 2.23. The second kappa shape index (κ2) is 12.4. The van der Waals surface area contributed by atoms with E-state index in [1.54, 1.807) is 13.1 Å². The van der Waals surface area contributed by atoms with Crippen LogP contribution in [-0.4, -0.2) is 47.4 Å². The quantitative estimate of drug-likeness (QED) is 0.220. The molecule has 1 amide bonds. The average Bonchev–Trinajstić information content (AvgIpc) is 3.23. The topological polar surface area (TPSA) is 85.4 Å². The Morgan fingerprint density at radius 3 is 2.66 bits per heavy atom. The van der Waals surface area contributed by atoms with Crippen LogP contribution < -0.4 is 10.6 Å². The molecule has 0 spiro atoms. The Bertz CT molecular complexity index is 1050. The van der Waals surface area contributed by atoms with Crippen molar-refractivity contribution >= 4 is 53.1 Å². The van der Waals surface area contributed by atoms with Gasteiger partial charge in [0.1, 0.15) is 5.82 Å². The van der Waals surface area contributed by atoms with Gasteiger partial charge in [-0.1, -0.05) is 48.0 Å². The van der Waals surface area contributed by atoms with Crippen LogP contribution in [0.2, 0.25) is 5.02 Å². The molecule has 3 rings (SSSR count). The number of aliphatic imine (C=N–C) groups is 1. The summed E-state index contributed by atoms with van der Waals surface area (Å²) in [5, 5.41) is 6.75. The van der Waals surface area contributed by atoms with E-state index in [1.165, 1.54) is 0 Å². The van der Waals surface area contributed by atoms with Gasteiger partial charge in [-0.2, -0.15) is 0 Å². The number of nitrogens with zero attached hydrogens (tertiary/aromatic N) is 3. The number of amides is 1. The Labute approximate surface area is 210 Å².